The molecular formula is C29H32F3N7OS. The maximum atomic E-state index is 12.9. The molecule has 2 aliphatic rings. The van der Waals surface area contributed by atoms with Crippen LogP contribution < -0.4 is 5.32 Å². The Bertz CT molecular complexity index is 1550. The van der Waals surface area contributed by atoms with Crippen LogP contribution in [0.25, 0.3) is 21.1 Å². The fraction of sp³-hybridized carbons (Fsp3) is 0.483. The minimum absolute atomic E-state index is 0.191. The fourth-order valence-corrected chi connectivity index (χ4v) is 6.84. The highest BCUT2D eigenvalue weighted by Gasteiger charge is 2.29. The molecule has 3 aromatic heterocycles. The second-order valence-corrected chi connectivity index (χ2v) is 11.9. The summed E-state index contributed by atoms with van der Waals surface area (Å²) in [5.41, 5.74) is 2.99. The Morgan fingerprint density at radius 2 is 1.83 bits per heavy atom. The molecule has 0 bridgehead atoms. The number of nitrogens with zero attached hydrogens (tertiary/aromatic N) is 6. The van der Waals surface area contributed by atoms with E-state index in [4.69, 9.17) is 4.74 Å². The lowest BCUT2D eigenvalue weighted by molar-refractivity contribution is -0.126. The number of benzene rings is 1. The number of halogens is 3. The van der Waals surface area contributed by atoms with Gasteiger partial charge in [0, 0.05) is 67.6 Å². The zero-order chi connectivity index (χ0) is 28.4. The van der Waals surface area contributed by atoms with Crippen molar-refractivity contribution in [2.24, 2.45) is 0 Å². The van der Waals surface area contributed by atoms with Crippen molar-refractivity contribution in [1.29, 1.82) is 5.26 Å². The van der Waals surface area contributed by atoms with Crippen LogP contribution in [0.5, 0.6) is 0 Å². The lowest BCUT2D eigenvalue weighted by Gasteiger charge is -2.32. The number of ether oxygens (including phenoxy) is 1. The number of hydrogen-bond acceptors (Lipinski definition) is 8. The standard InChI is InChI=1S/C29H32F3N7OS/c30-29(31,32)16-24-15-25-27(34-19-35-28(25)41-24)36-22-3-5-38(6-4-22)18-20-1-2-26-21(13-20)14-23(17-33)39(26)8-7-37-9-11-40-12-10-37/h1-2,13-15,19,22H,3-12,16,18H2,(H,34,35,36). The maximum absolute atomic E-state index is 12.9. The highest BCUT2D eigenvalue weighted by molar-refractivity contribution is 7.18. The molecule has 2 fully saturated rings. The number of anilines is 1. The van der Waals surface area contributed by atoms with Gasteiger partial charge in [0.05, 0.1) is 25.0 Å². The molecule has 0 radical (unpaired) electrons. The molecule has 2 saturated heterocycles. The first-order chi connectivity index (χ1) is 19.8. The van der Waals surface area contributed by atoms with Crippen molar-refractivity contribution in [2.45, 2.75) is 44.6 Å². The van der Waals surface area contributed by atoms with E-state index in [2.05, 4.69) is 53.9 Å². The Morgan fingerprint density at radius 3 is 2.59 bits per heavy atom. The van der Waals surface area contributed by atoms with Gasteiger partial charge in [0.25, 0.3) is 0 Å². The van der Waals surface area contributed by atoms with Crippen LogP contribution in [0.2, 0.25) is 0 Å². The molecule has 0 atom stereocenters. The minimum atomic E-state index is -4.25. The van der Waals surface area contributed by atoms with Crippen LogP contribution in [-0.4, -0.2) is 82.5 Å². The zero-order valence-electron chi connectivity index (χ0n) is 22.7. The van der Waals surface area contributed by atoms with E-state index in [9.17, 15) is 18.4 Å². The molecule has 5 heterocycles. The molecule has 0 aliphatic carbocycles. The van der Waals surface area contributed by atoms with Crippen molar-refractivity contribution in [2.75, 3.05) is 51.3 Å². The highest BCUT2D eigenvalue weighted by Crippen LogP contribution is 2.33. The Labute approximate surface area is 240 Å². The molecular weight excluding hydrogens is 551 g/mol. The average molecular weight is 584 g/mol. The van der Waals surface area contributed by atoms with Crippen LogP contribution in [0, 0.1) is 11.3 Å². The largest absolute Gasteiger partial charge is 0.393 e. The van der Waals surface area contributed by atoms with Gasteiger partial charge < -0.3 is 14.6 Å². The number of nitrogens with one attached hydrogen (secondary N) is 1. The van der Waals surface area contributed by atoms with E-state index in [-0.39, 0.29) is 10.9 Å². The summed E-state index contributed by atoms with van der Waals surface area (Å²) in [7, 11) is 0. The van der Waals surface area contributed by atoms with Crippen LogP contribution in [0.1, 0.15) is 29.0 Å². The number of alkyl halides is 3. The quantitative estimate of drug-likeness (QED) is 0.312. The van der Waals surface area contributed by atoms with E-state index in [0.29, 0.717) is 21.7 Å². The van der Waals surface area contributed by atoms with E-state index < -0.39 is 12.6 Å². The van der Waals surface area contributed by atoms with Crippen molar-refractivity contribution >= 4 is 38.3 Å². The number of likely N-dealkylation sites (tertiary alicyclic amines) is 1. The minimum Gasteiger partial charge on any atom is -0.379 e. The van der Waals surface area contributed by atoms with E-state index >= 15 is 0 Å². The summed E-state index contributed by atoms with van der Waals surface area (Å²) in [5.74, 6) is 0.606. The number of hydrogen-bond donors (Lipinski definition) is 1. The number of thiophene rings is 1. The molecule has 216 valence electrons. The van der Waals surface area contributed by atoms with Gasteiger partial charge in [-0.2, -0.15) is 18.4 Å². The van der Waals surface area contributed by atoms with Crippen LogP contribution in [-0.2, 0) is 24.2 Å². The number of morpholine rings is 1. The predicted octanol–water partition coefficient (Wildman–Crippen LogP) is 5.03. The number of rotatable bonds is 8. The predicted molar refractivity (Wildman–Crippen MR) is 153 cm³/mol. The third-order valence-corrected chi connectivity index (χ3v) is 8.96. The molecule has 1 N–H and O–H groups in total. The Morgan fingerprint density at radius 1 is 1.02 bits per heavy atom. The summed E-state index contributed by atoms with van der Waals surface area (Å²) < 4.78 is 46.2. The van der Waals surface area contributed by atoms with Gasteiger partial charge in [0.15, 0.2) is 0 Å². The van der Waals surface area contributed by atoms with Gasteiger partial charge in [-0.3, -0.25) is 9.80 Å². The van der Waals surface area contributed by atoms with Crippen molar-refractivity contribution in [3.05, 3.63) is 52.8 Å². The summed E-state index contributed by atoms with van der Waals surface area (Å²) in [6.07, 6.45) is -1.97. The van der Waals surface area contributed by atoms with Gasteiger partial charge in [-0.15, -0.1) is 11.3 Å². The molecule has 0 amide bonds. The van der Waals surface area contributed by atoms with E-state index in [1.807, 2.05) is 6.07 Å². The summed E-state index contributed by atoms with van der Waals surface area (Å²) >= 11 is 1.07. The number of aromatic nitrogens is 3. The number of fused-ring (bicyclic) bond motifs is 2. The van der Waals surface area contributed by atoms with Gasteiger partial charge in [-0.25, -0.2) is 9.97 Å². The number of nitriles is 1. The highest BCUT2D eigenvalue weighted by atomic mass is 32.1. The van der Waals surface area contributed by atoms with E-state index in [1.54, 1.807) is 6.07 Å². The van der Waals surface area contributed by atoms with Crippen molar-refractivity contribution < 1.29 is 17.9 Å². The van der Waals surface area contributed by atoms with E-state index in [0.717, 1.165) is 94.1 Å². The van der Waals surface area contributed by atoms with Crippen molar-refractivity contribution in [1.82, 2.24) is 24.3 Å². The van der Waals surface area contributed by atoms with Crippen molar-refractivity contribution in [3.63, 3.8) is 0 Å². The van der Waals surface area contributed by atoms with Crippen LogP contribution >= 0.6 is 11.3 Å². The molecule has 8 nitrogen and oxygen atoms in total. The molecule has 0 saturated carbocycles. The zero-order valence-corrected chi connectivity index (χ0v) is 23.5. The monoisotopic (exact) mass is 583 g/mol. The lowest BCUT2D eigenvalue weighted by atomic mass is 10.0. The second-order valence-electron chi connectivity index (χ2n) is 10.8. The van der Waals surface area contributed by atoms with Gasteiger partial charge in [-0.1, -0.05) is 6.07 Å². The Kier molecular flexibility index (Phi) is 8.12. The molecule has 4 aromatic rings. The molecule has 1 aromatic carbocycles. The second kappa shape index (κ2) is 11.9. The molecule has 0 unspecified atom stereocenters. The molecule has 0 spiro atoms. The summed E-state index contributed by atoms with van der Waals surface area (Å²) in [5, 5.41) is 15.0. The third-order valence-electron chi connectivity index (χ3n) is 7.91. The smallest absolute Gasteiger partial charge is 0.379 e. The number of piperidine rings is 1. The van der Waals surface area contributed by atoms with E-state index in [1.165, 1.54) is 11.9 Å². The summed E-state index contributed by atoms with van der Waals surface area (Å²) in [6, 6.07) is 12.6. The SMILES string of the molecule is N#Cc1cc2cc(CN3CCC(Nc4ncnc5sc(CC(F)(F)F)cc45)CC3)ccc2n1CCN1CCOCC1. The van der Waals surface area contributed by atoms with Crippen LogP contribution in [0.15, 0.2) is 36.7 Å². The molecule has 6 rings (SSSR count). The van der Waals surface area contributed by atoms with Gasteiger partial charge >= 0.3 is 6.18 Å². The first-order valence-electron chi connectivity index (χ1n) is 14.0. The van der Waals surface area contributed by atoms with Gasteiger partial charge in [0.1, 0.15) is 28.7 Å². The average Bonchev–Trinajstić information content (AvgIpc) is 3.53. The molecule has 12 heteroatoms. The summed E-state index contributed by atoms with van der Waals surface area (Å²) in [6.45, 7) is 7.68. The first-order valence-corrected chi connectivity index (χ1v) is 14.8. The molecule has 2 aliphatic heterocycles. The topological polar surface area (TPSA) is 82.2 Å². The molecule has 41 heavy (non-hydrogen) atoms. The maximum Gasteiger partial charge on any atom is 0.393 e. The third kappa shape index (κ3) is 6.64. The Hall–Kier alpha value is -3.24. The first kappa shape index (κ1) is 27.9. The summed E-state index contributed by atoms with van der Waals surface area (Å²) in [4.78, 5) is 14.1. The lowest BCUT2D eigenvalue weighted by Crippen LogP contribution is -2.38. The fourth-order valence-electron chi connectivity index (χ4n) is 5.81. The van der Waals surface area contributed by atoms with Gasteiger partial charge in [0.2, 0.25) is 0 Å². The van der Waals surface area contributed by atoms with Crippen LogP contribution in [0.4, 0.5) is 19.0 Å². The normalized spacial score (nSPS) is 17.8. The van der Waals surface area contributed by atoms with Crippen molar-refractivity contribution in [3.8, 4) is 6.07 Å². The Balaban J connectivity index is 1.06. The van der Waals surface area contributed by atoms with Gasteiger partial charge in [-0.05, 0) is 42.7 Å². The van der Waals surface area contributed by atoms with Crippen LogP contribution in [0.3, 0.4) is 0 Å².